The molecule has 0 bridgehead atoms. The fourth-order valence-corrected chi connectivity index (χ4v) is 2.65. The van der Waals surface area contributed by atoms with E-state index < -0.39 is 0 Å². The molecule has 0 saturated carbocycles. The van der Waals surface area contributed by atoms with Gasteiger partial charge in [0.25, 0.3) is 0 Å². The summed E-state index contributed by atoms with van der Waals surface area (Å²) in [5.74, 6) is 0.877. The molecule has 0 atom stereocenters. The van der Waals surface area contributed by atoms with Crippen LogP contribution in [0.15, 0.2) is 54.6 Å². The fraction of sp³-hybridized carbons (Fsp3) is 0.158. The lowest BCUT2D eigenvalue weighted by Crippen LogP contribution is -2.01. The molecule has 0 heterocycles. The first-order valence-corrected chi connectivity index (χ1v) is 7.12. The first-order chi connectivity index (χ1) is 10.2. The molecule has 0 aliphatic carbocycles. The van der Waals surface area contributed by atoms with E-state index in [0.717, 1.165) is 22.2 Å². The maximum Gasteiger partial charge on any atom is 0.127 e. The quantitative estimate of drug-likeness (QED) is 0.709. The average molecular weight is 277 g/mol. The van der Waals surface area contributed by atoms with E-state index in [2.05, 4.69) is 32.0 Å². The molecular formula is C19H19NO. The molecule has 3 rings (SSSR count). The van der Waals surface area contributed by atoms with Crippen molar-refractivity contribution in [3.05, 3.63) is 71.3 Å². The number of anilines is 1. The number of benzene rings is 3. The molecule has 106 valence electrons. The molecule has 0 aliphatic heterocycles. The maximum atomic E-state index is 6.07. The second kappa shape index (κ2) is 5.49. The minimum Gasteiger partial charge on any atom is -0.488 e. The Hall–Kier alpha value is -2.48. The average Bonchev–Trinajstić information content (AvgIpc) is 2.49. The van der Waals surface area contributed by atoms with Crippen LogP contribution in [0.5, 0.6) is 5.75 Å². The molecule has 0 aromatic heterocycles. The van der Waals surface area contributed by atoms with Crippen molar-refractivity contribution in [2.45, 2.75) is 20.5 Å². The highest BCUT2D eigenvalue weighted by Gasteiger charge is 2.07. The minimum absolute atomic E-state index is 0.576. The fourth-order valence-electron chi connectivity index (χ4n) is 2.65. The summed E-state index contributed by atoms with van der Waals surface area (Å²) in [6.45, 7) is 4.81. The van der Waals surface area contributed by atoms with E-state index in [4.69, 9.17) is 10.5 Å². The number of nitrogen functional groups attached to an aromatic ring is 1. The Balaban J connectivity index is 1.94. The number of ether oxygens (including phenoxy) is 1. The zero-order chi connectivity index (χ0) is 14.8. The molecule has 3 aromatic carbocycles. The Bertz CT molecular complexity index is 772. The van der Waals surface area contributed by atoms with Gasteiger partial charge in [-0.2, -0.15) is 0 Å². The van der Waals surface area contributed by atoms with Crippen molar-refractivity contribution >= 4 is 16.5 Å². The second-order valence-electron chi connectivity index (χ2n) is 5.36. The van der Waals surface area contributed by atoms with Crippen LogP contribution in [0.1, 0.15) is 16.7 Å². The zero-order valence-corrected chi connectivity index (χ0v) is 12.4. The number of fused-ring (bicyclic) bond motifs is 1. The molecule has 0 radical (unpaired) electrons. The molecule has 0 spiro atoms. The largest absolute Gasteiger partial charge is 0.488 e. The highest BCUT2D eigenvalue weighted by atomic mass is 16.5. The summed E-state index contributed by atoms with van der Waals surface area (Å²) in [5, 5.41) is 2.10. The maximum absolute atomic E-state index is 6.07. The van der Waals surface area contributed by atoms with E-state index in [1.54, 1.807) is 0 Å². The first-order valence-electron chi connectivity index (χ1n) is 7.12. The standard InChI is InChI=1S/C19H19NO/c1-13-6-5-7-14(2)17(13)12-21-19-11-10-18(20)15-8-3-4-9-16(15)19/h3-11H,12,20H2,1-2H3. The van der Waals surface area contributed by atoms with E-state index in [1.807, 2.05) is 36.4 Å². The van der Waals surface area contributed by atoms with Crippen molar-refractivity contribution in [2.24, 2.45) is 0 Å². The lowest BCUT2D eigenvalue weighted by atomic mass is 10.0. The molecule has 21 heavy (non-hydrogen) atoms. The van der Waals surface area contributed by atoms with Crippen LogP contribution < -0.4 is 10.5 Å². The molecule has 3 aromatic rings. The summed E-state index contributed by atoms with van der Waals surface area (Å²) in [4.78, 5) is 0. The van der Waals surface area contributed by atoms with E-state index in [9.17, 15) is 0 Å². The van der Waals surface area contributed by atoms with Gasteiger partial charge in [-0.15, -0.1) is 0 Å². The van der Waals surface area contributed by atoms with Gasteiger partial charge >= 0.3 is 0 Å². The Kier molecular flexibility index (Phi) is 3.53. The lowest BCUT2D eigenvalue weighted by Gasteiger charge is -2.14. The second-order valence-corrected chi connectivity index (χ2v) is 5.36. The van der Waals surface area contributed by atoms with Gasteiger partial charge in [0.1, 0.15) is 12.4 Å². The van der Waals surface area contributed by atoms with Gasteiger partial charge in [0, 0.05) is 16.5 Å². The molecule has 0 amide bonds. The van der Waals surface area contributed by atoms with E-state index >= 15 is 0 Å². The third-order valence-corrected chi connectivity index (χ3v) is 3.93. The molecule has 0 aliphatic rings. The summed E-state index contributed by atoms with van der Waals surface area (Å²) in [5.41, 5.74) is 10.6. The normalized spacial score (nSPS) is 10.8. The van der Waals surface area contributed by atoms with Gasteiger partial charge in [0.2, 0.25) is 0 Å². The van der Waals surface area contributed by atoms with Gasteiger partial charge in [-0.1, -0.05) is 42.5 Å². The van der Waals surface area contributed by atoms with Crippen molar-refractivity contribution in [2.75, 3.05) is 5.73 Å². The highest BCUT2D eigenvalue weighted by molar-refractivity contribution is 5.96. The van der Waals surface area contributed by atoms with Crippen LogP contribution in [-0.2, 0) is 6.61 Å². The molecule has 0 unspecified atom stereocenters. The Morgan fingerprint density at radius 1 is 0.810 bits per heavy atom. The smallest absolute Gasteiger partial charge is 0.127 e. The third kappa shape index (κ3) is 2.57. The number of nitrogens with two attached hydrogens (primary N) is 1. The van der Waals surface area contributed by atoms with Crippen molar-refractivity contribution in [3.63, 3.8) is 0 Å². The monoisotopic (exact) mass is 277 g/mol. The van der Waals surface area contributed by atoms with E-state index in [0.29, 0.717) is 6.61 Å². The third-order valence-electron chi connectivity index (χ3n) is 3.93. The number of hydrogen-bond donors (Lipinski definition) is 1. The van der Waals surface area contributed by atoms with Crippen LogP contribution in [-0.4, -0.2) is 0 Å². The van der Waals surface area contributed by atoms with Gasteiger partial charge in [-0.05, 0) is 42.7 Å². The zero-order valence-electron chi connectivity index (χ0n) is 12.4. The van der Waals surface area contributed by atoms with E-state index in [-0.39, 0.29) is 0 Å². The predicted octanol–water partition coefficient (Wildman–Crippen LogP) is 4.62. The van der Waals surface area contributed by atoms with Crippen LogP contribution in [0.3, 0.4) is 0 Å². The summed E-state index contributed by atoms with van der Waals surface area (Å²) in [7, 11) is 0. The molecule has 2 N–H and O–H groups in total. The van der Waals surface area contributed by atoms with E-state index in [1.165, 1.54) is 16.7 Å². The van der Waals surface area contributed by atoms with Crippen LogP contribution in [0.2, 0.25) is 0 Å². The summed E-state index contributed by atoms with van der Waals surface area (Å²) in [6.07, 6.45) is 0. The first kappa shape index (κ1) is 13.5. The molecule has 0 fully saturated rings. The molecular weight excluding hydrogens is 258 g/mol. The Morgan fingerprint density at radius 2 is 1.48 bits per heavy atom. The highest BCUT2D eigenvalue weighted by Crippen LogP contribution is 2.30. The summed E-state index contributed by atoms with van der Waals surface area (Å²) < 4.78 is 6.07. The van der Waals surface area contributed by atoms with Crippen LogP contribution in [0, 0.1) is 13.8 Å². The predicted molar refractivity (Wildman–Crippen MR) is 88.6 cm³/mol. The van der Waals surface area contributed by atoms with Gasteiger partial charge in [0.05, 0.1) is 0 Å². The van der Waals surface area contributed by atoms with Crippen LogP contribution in [0.25, 0.3) is 10.8 Å². The van der Waals surface area contributed by atoms with Crippen LogP contribution >= 0.6 is 0 Å². The summed E-state index contributed by atoms with van der Waals surface area (Å²) in [6, 6.07) is 18.2. The van der Waals surface area contributed by atoms with Crippen molar-refractivity contribution < 1.29 is 4.74 Å². The number of rotatable bonds is 3. The van der Waals surface area contributed by atoms with Gasteiger partial charge < -0.3 is 10.5 Å². The number of aryl methyl sites for hydroxylation is 2. The molecule has 0 saturated heterocycles. The summed E-state index contributed by atoms with van der Waals surface area (Å²) >= 11 is 0. The molecule has 2 nitrogen and oxygen atoms in total. The van der Waals surface area contributed by atoms with Gasteiger partial charge in [0.15, 0.2) is 0 Å². The van der Waals surface area contributed by atoms with Crippen LogP contribution in [0.4, 0.5) is 5.69 Å². The number of hydrogen-bond acceptors (Lipinski definition) is 2. The van der Waals surface area contributed by atoms with Gasteiger partial charge in [-0.3, -0.25) is 0 Å². The van der Waals surface area contributed by atoms with Gasteiger partial charge in [-0.25, -0.2) is 0 Å². The Labute approximate surface area is 125 Å². The minimum atomic E-state index is 0.576. The SMILES string of the molecule is Cc1cccc(C)c1COc1ccc(N)c2ccccc12. The van der Waals surface area contributed by atoms with Crippen molar-refractivity contribution in [3.8, 4) is 5.75 Å². The van der Waals surface area contributed by atoms with Crippen molar-refractivity contribution in [1.29, 1.82) is 0 Å². The topological polar surface area (TPSA) is 35.2 Å². The Morgan fingerprint density at radius 3 is 2.19 bits per heavy atom. The lowest BCUT2D eigenvalue weighted by molar-refractivity contribution is 0.308. The molecule has 2 heteroatoms. The van der Waals surface area contributed by atoms with Crippen molar-refractivity contribution in [1.82, 2.24) is 0 Å².